The summed E-state index contributed by atoms with van der Waals surface area (Å²) in [4.78, 5) is 81.4. The van der Waals surface area contributed by atoms with E-state index in [1.54, 1.807) is 56.7 Å². The Hall–Kier alpha value is -3.70. The first kappa shape index (κ1) is 91.2. The molecule has 0 spiro atoms. The molecule has 0 saturated heterocycles. The third kappa shape index (κ3) is 26.4. The first-order valence-electron chi connectivity index (χ1n) is 45.4. The van der Waals surface area contributed by atoms with E-state index in [0.29, 0.717) is 72.1 Å². The first-order valence-corrected chi connectivity index (χ1v) is 51.1. The van der Waals surface area contributed by atoms with Crippen LogP contribution in [-0.2, 0) is 19.2 Å². The molecule has 614 valence electrons. The van der Waals surface area contributed by atoms with E-state index in [9.17, 15) is 0 Å². The van der Waals surface area contributed by atoms with Crippen molar-refractivity contribution >= 4 is 135 Å². The van der Waals surface area contributed by atoms with Crippen LogP contribution in [0.5, 0.6) is 0 Å². The van der Waals surface area contributed by atoms with Gasteiger partial charge in [0.2, 0.25) is 0 Å². The normalized spacial score (nSPS) is 15.8. The van der Waals surface area contributed by atoms with Crippen LogP contribution in [0, 0.1) is 23.7 Å². The van der Waals surface area contributed by atoms with E-state index in [-0.39, 0.29) is 23.6 Å². The zero-order chi connectivity index (χ0) is 78.7. The highest BCUT2D eigenvalue weighted by Crippen LogP contribution is 2.54. The minimum absolute atomic E-state index is 0.0102. The largest absolute Gasteiger partial charge is 0.306 e. The maximum atomic E-state index is 16.2. The number of nitrogens with zero attached hydrogens (tertiary/aromatic N) is 4. The van der Waals surface area contributed by atoms with Crippen LogP contribution in [0.1, 0.15) is 383 Å². The lowest BCUT2D eigenvalue weighted by Crippen LogP contribution is -2.34. The fourth-order valence-corrected chi connectivity index (χ4v) is 24.0. The molecular weight excluding hydrogens is 1590 g/mol. The molecule has 0 saturated carbocycles. The minimum Gasteiger partial charge on any atom is -0.306 e. The van der Waals surface area contributed by atoms with Crippen LogP contribution in [0.25, 0.3) is 42.3 Å². The van der Waals surface area contributed by atoms with Crippen molar-refractivity contribution in [1.82, 2.24) is 19.6 Å². The Bertz CT molecular complexity index is 3530. The fraction of sp³-hybridized carbons (Fsp3) is 0.667. The summed E-state index contributed by atoms with van der Waals surface area (Å²) >= 11 is 16.2. The van der Waals surface area contributed by atoms with Gasteiger partial charge in [0.15, 0.2) is 0 Å². The maximum Gasteiger partial charge on any atom is 0.261 e. The number of amides is 4. The Morgan fingerprint density at radius 1 is 0.225 bits per heavy atom. The molecule has 111 heavy (non-hydrogen) atoms. The summed E-state index contributed by atoms with van der Waals surface area (Å²) in [6.07, 6.45) is 57.5. The number of rotatable bonds is 62. The third-order valence-electron chi connectivity index (χ3n) is 24.2. The van der Waals surface area contributed by atoms with Crippen LogP contribution in [0.3, 0.4) is 0 Å². The van der Waals surface area contributed by atoms with Crippen molar-refractivity contribution in [3.05, 3.63) is 110 Å². The Morgan fingerprint density at radius 2 is 0.387 bits per heavy atom. The van der Waals surface area contributed by atoms with E-state index in [4.69, 9.17) is 0 Å². The zero-order valence-corrected chi connectivity index (χ0v) is 77.3. The van der Waals surface area contributed by atoms with Crippen LogP contribution in [-0.4, -0.2) is 69.4 Å². The number of hydrogen-bond donors (Lipinski definition) is 0. The molecular formula is C96H142Br2N4O4S5. The van der Waals surface area contributed by atoms with Crippen LogP contribution in [0.2, 0.25) is 0 Å². The van der Waals surface area contributed by atoms with Gasteiger partial charge in [-0.1, -0.05) is 312 Å². The van der Waals surface area contributed by atoms with Gasteiger partial charge in [0.05, 0.1) is 72.2 Å². The Morgan fingerprint density at radius 3 is 0.586 bits per heavy atom. The minimum atomic E-state index is -0.0102. The summed E-state index contributed by atoms with van der Waals surface area (Å²) in [7, 11) is 0. The maximum absolute atomic E-state index is 16.2. The van der Waals surface area contributed by atoms with Gasteiger partial charge < -0.3 is 19.6 Å². The Labute approximate surface area is 710 Å². The van der Waals surface area contributed by atoms with Crippen molar-refractivity contribution in [3.63, 3.8) is 0 Å². The van der Waals surface area contributed by atoms with E-state index in [2.05, 4.69) is 168 Å². The Kier molecular flexibility index (Phi) is 41.2. The number of carbonyl (C=O) groups excluding carboxylic acids is 4. The van der Waals surface area contributed by atoms with Crippen LogP contribution in [0.15, 0.2) is 90.5 Å². The monoisotopic (exact) mass is 1730 g/mol. The fourth-order valence-electron chi connectivity index (χ4n) is 17.8. The van der Waals surface area contributed by atoms with Crippen molar-refractivity contribution in [3.8, 4) is 19.5 Å². The van der Waals surface area contributed by atoms with Gasteiger partial charge in [-0.3, -0.25) is 19.2 Å². The molecule has 15 heteroatoms. The second-order valence-electron chi connectivity index (χ2n) is 33.3. The molecule has 0 aliphatic carbocycles. The number of hydrogen-bond acceptors (Lipinski definition) is 9. The van der Waals surface area contributed by atoms with E-state index in [1.807, 2.05) is 0 Å². The molecule has 0 N–H and O–H groups in total. The summed E-state index contributed by atoms with van der Waals surface area (Å²) in [5.41, 5.74) is 5.68. The molecule has 4 aliphatic rings. The smallest absolute Gasteiger partial charge is 0.261 e. The highest BCUT2D eigenvalue weighted by atomic mass is 79.9. The number of thiophene rings is 5. The number of halogens is 2. The molecule has 4 unspecified atom stereocenters. The summed E-state index contributed by atoms with van der Waals surface area (Å²) in [5.74, 6) is 1.28. The summed E-state index contributed by atoms with van der Waals surface area (Å²) in [6, 6.07) is 21.9. The van der Waals surface area contributed by atoms with E-state index in [1.165, 1.54) is 218 Å². The molecule has 0 aromatic carbocycles. The van der Waals surface area contributed by atoms with Crippen molar-refractivity contribution in [2.24, 2.45) is 23.7 Å². The molecule has 9 rings (SSSR count). The van der Waals surface area contributed by atoms with E-state index >= 15 is 19.2 Å². The lowest BCUT2D eigenvalue weighted by atomic mass is 9.93. The third-order valence-corrected chi connectivity index (χ3v) is 31.2. The SMILES string of the molecule is CCCCCCCCC(CCCCCC)CN1C(=O)C2=C(c3ccc(-c4ccc(-c5ccc(C6=C7C(=O)N(CC(CCCCCC)CCCCCCCC)C(c8ccc(Br)s8)=C7C(=O)N6CC(CCCCCC)CCCCCCCC)s5)s4)s3)N(CC(CCCCCC)CCCCCCCC)C(=O)C2=C1c1ccc(Br)s1. The van der Waals surface area contributed by atoms with Gasteiger partial charge in [-0.05, 0) is 168 Å². The first-order chi connectivity index (χ1) is 54.3. The van der Waals surface area contributed by atoms with Crippen LogP contribution in [0.4, 0.5) is 0 Å². The number of fused-ring (bicyclic) bond motifs is 2. The lowest BCUT2D eigenvalue weighted by molar-refractivity contribution is -0.124. The van der Waals surface area contributed by atoms with Crippen molar-refractivity contribution < 1.29 is 19.2 Å². The molecule has 8 nitrogen and oxygen atoms in total. The zero-order valence-electron chi connectivity index (χ0n) is 70.1. The van der Waals surface area contributed by atoms with Crippen LogP contribution >= 0.6 is 88.5 Å². The summed E-state index contributed by atoms with van der Waals surface area (Å²) < 4.78 is 2.00. The van der Waals surface area contributed by atoms with Crippen molar-refractivity contribution in [2.45, 2.75) is 364 Å². The van der Waals surface area contributed by atoms with Gasteiger partial charge in [0.1, 0.15) is 0 Å². The van der Waals surface area contributed by atoms with E-state index < -0.39 is 0 Å². The molecule has 5 aromatic rings. The van der Waals surface area contributed by atoms with Gasteiger partial charge in [-0.2, -0.15) is 0 Å². The highest BCUT2D eigenvalue weighted by molar-refractivity contribution is 9.11. The highest BCUT2D eigenvalue weighted by Gasteiger charge is 2.52. The molecule has 0 radical (unpaired) electrons. The van der Waals surface area contributed by atoms with Gasteiger partial charge in [0.25, 0.3) is 23.6 Å². The predicted molar refractivity (Wildman–Crippen MR) is 490 cm³/mol. The number of carbonyl (C=O) groups is 4. The molecule has 0 bridgehead atoms. The Balaban J connectivity index is 1.10. The van der Waals surface area contributed by atoms with Crippen LogP contribution < -0.4 is 0 Å². The topological polar surface area (TPSA) is 81.2 Å². The van der Waals surface area contributed by atoms with Crippen molar-refractivity contribution in [2.75, 3.05) is 26.2 Å². The molecule has 4 aliphatic heterocycles. The van der Waals surface area contributed by atoms with Crippen molar-refractivity contribution in [1.29, 1.82) is 0 Å². The number of unbranched alkanes of at least 4 members (excludes halogenated alkanes) is 32. The summed E-state index contributed by atoms with van der Waals surface area (Å²) in [6.45, 7) is 20.8. The van der Waals surface area contributed by atoms with Gasteiger partial charge in [-0.15, -0.1) is 56.7 Å². The standard InChI is InChI=1S/C96H142Br2N4O4S5/c1-9-17-25-33-37-45-53-71(49-41-29-21-13-5)67-99-89(85-87(95(99)105)91(81-63-65-83(97)110-81)101(93(85)103)69-73(51-43-31-23-15-7)55-47-39-35-27-19-11-3)79-61-59-77(108-79)75-57-58-76(107-75)78-60-62-80(109-78)90-86-88(96(106)100(90)68-72(50-42-30-22-14-6)54-46-38-34-26-18-10-2)92(82-64-66-84(98)111-82)102(94(86)104)70-74(52-44-32-24-16-8)56-48-40-36-28-20-12-4/h57-66,71-74H,9-56,67-70H2,1-8H3. The molecule has 9 heterocycles. The lowest BCUT2D eigenvalue weighted by Gasteiger charge is -2.29. The molecule has 4 amide bonds. The van der Waals surface area contributed by atoms with Gasteiger partial charge in [0, 0.05) is 45.7 Å². The molecule has 0 fully saturated rings. The quantitative estimate of drug-likeness (QED) is 0.0363. The predicted octanol–water partition coefficient (Wildman–Crippen LogP) is 31.8. The second-order valence-corrected chi connectivity index (χ2v) is 41.5. The second kappa shape index (κ2) is 50.2. The molecule has 5 aromatic heterocycles. The van der Waals surface area contributed by atoms with E-state index in [0.717, 1.165) is 159 Å². The molecule has 4 atom stereocenters. The average Bonchev–Trinajstić information content (AvgIpc) is 1.56. The summed E-state index contributed by atoms with van der Waals surface area (Å²) in [5, 5.41) is 0. The van der Waals surface area contributed by atoms with Gasteiger partial charge >= 0.3 is 0 Å². The van der Waals surface area contributed by atoms with Gasteiger partial charge in [-0.25, -0.2) is 0 Å². The average molecular weight is 1740 g/mol.